The van der Waals surface area contributed by atoms with Crippen LogP contribution in [0.1, 0.15) is 34.1 Å². The van der Waals surface area contributed by atoms with E-state index in [9.17, 15) is 0 Å². The fraction of sp³-hybridized carbons (Fsp3) is 0.615. The number of anilines is 1. The van der Waals surface area contributed by atoms with Gasteiger partial charge in [0.1, 0.15) is 5.39 Å². The zero-order chi connectivity index (χ0) is 13.8. The van der Waals surface area contributed by atoms with Crippen molar-refractivity contribution in [2.45, 2.75) is 40.2 Å². The van der Waals surface area contributed by atoms with Gasteiger partial charge in [0.25, 0.3) is 0 Å². The van der Waals surface area contributed by atoms with Crippen molar-refractivity contribution >= 4 is 17.0 Å². The normalized spacial score (nSPS) is 12.9. The van der Waals surface area contributed by atoms with Crippen molar-refractivity contribution in [2.75, 3.05) is 11.9 Å². The average Bonchev–Trinajstić information content (AvgIpc) is 2.84. The van der Waals surface area contributed by atoms with Crippen molar-refractivity contribution in [1.82, 2.24) is 20.2 Å². The van der Waals surface area contributed by atoms with Gasteiger partial charge in [-0.1, -0.05) is 20.8 Å². The largest absolute Gasteiger partial charge is 0.474 e. The lowest BCUT2D eigenvalue weighted by atomic mass is 10.1. The summed E-state index contributed by atoms with van der Waals surface area (Å²) in [6.45, 7) is 9.21. The summed E-state index contributed by atoms with van der Waals surface area (Å²) in [6, 6.07) is 0. The summed E-state index contributed by atoms with van der Waals surface area (Å²) in [5.41, 5.74) is 0.694. The number of nitrogens with zero attached hydrogens (tertiary/aromatic N) is 3. The quantitative estimate of drug-likeness (QED) is 0.837. The lowest BCUT2D eigenvalue weighted by Gasteiger charge is -2.18. The molecule has 1 unspecified atom stereocenters. The molecule has 0 saturated carbocycles. The van der Waals surface area contributed by atoms with E-state index in [1.807, 2.05) is 6.92 Å². The van der Waals surface area contributed by atoms with E-state index < -0.39 is 0 Å². The number of aromatic nitrogens is 4. The Balaban J connectivity index is 2.31. The molecule has 0 saturated heterocycles. The molecule has 0 fully saturated rings. The smallest absolute Gasteiger partial charge is 0.229 e. The molecule has 2 aromatic heterocycles. The number of rotatable bonds is 6. The van der Waals surface area contributed by atoms with Crippen LogP contribution in [0.4, 0.5) is 5.95 Å². The molecular formula is C13H21N5O. The highest BCUT2D eigenvalue weighted by atomic mass is 16.5. The summed E-state index contributed by atoms with van der Waals surface area (Å²) in [5.74, 6) is 1.58. The standard InChI is InChI=1S/C13H21N5O/c1-5-6-14-13-16-11-10(7-15-18-11)12(17-13)19-9(4)8(2)3/h7-9H,5-6H2,1-4H3,(H2,14,15,16,17,18). The zero-order valence-electron chi connectivity index (χ0n) is 11.9. The van der Waals surface area contributed by atoms with Crippen molar-refractivity contribution in [2.24, 2.45) is 5.92 Å². The Morgan fingerprint density at radius 1 is 1.32 bits per heavy atom. The fourth-order valence-corrected chi connectivity index (χ4v) is 1.53. The second-order valence-electron chi connectivity index (χ2n) is 4.98. The molecule has 0 aliphatic rings. The van der Waals surface area contributed by atoms with Crippen LogP contribution in [0.25, 0.3) is 11.0 Å². The minimum Gasteiger partial charge on any atom is -0.474 e. The number of nitrogens with one attached hydrogen (secondary N) is 2. The van der Waals surface area contributed by atoms with Crippen LogP contribution in [-0.4, -0.2) is 32.8 Å². The molecule has 2 heterocycles. The van der Waals surface area contributed by atoms with Gasteiger partial charge in [-0.3, -0.25) is 5.10 Å². The highest BCUT2D eigenvalue weighted by molar-refractivity contribution is 5.80. The summed E-state index contributed by atoms with van der Waals surface area (Å²) in [5, 5.41) is 10.8. The molecule has 0 aliphatic carbocycles. The first-order chi connectivity index (χ1) is 9.11. The van der Waals surface area contributed by atoms with Gasteiger partial charge in [-0.15, -0.1) is 0 Å². The third-order valence-electron chi connectivity index (χ3n) is 3.04. The van der Waals surface area contributed by atoms with E-state index >= 15 is 0 Å². The molecule has 2 N–H and O–H groups in total. The maximum Gasteiger partial charge on any atom is 0.229 e. The topological polar surface area (TPSA) is 75.7 Å². The van der Waals surface area contributed by atoms with E-state index in [1.54, 1.807) is 6.20 Å². The molecule has 6 heteroatoms. The summed E-state index contributed by atoms with van der Waals surface area (Å²) in [7, 11) is 0. The maximum atomic E-state index is 5.92. The van der Waals surface area contributed by atoms with Crippen LogP contribution in [-0.2, 0) is 0 Å². The molecule has 0 spiro atoms. The molecule has 19 heavy (non-hydrogen) atoms. The zero-order valence-corrected chi connectivity index (χ0v) is 11.9. The highest BCUT2D eigenvalue weighted by Crippen LogP contribution is 2.24. The first-order valence-electron chi connectivity index (χ1n) is 6.73. The van der Waals surface area contributed by atoms with Crippen molar-refractivity contribution in [1.29, 1.82) is 0 Å². The van der Waals surface area contributed by atoms with Gasteiger partial charge in [0, 0.05) is 6.54 Å². The molecule has 0 amide bonds. The molecule has 0 aromatic carbocycles. The lowest BCUT2D eigenvalue weighted by Crippen LogP contribution is -2.19. The van der Waals surface area contributed by atoms with Gasteiger partial charge in [-0.2, -0.15) is 15.1 Å². The summed E-state index contributed by atoms with van der Waals surface area (Å²) in [4.78, 5) is 8.79. The third kappa shape index (κ3) is 3.13. The van der Waals surface area contributed by atoms with Gasteiger partial charge >= 0.3 is 0 Å². The Morgan fingerprint density at radius 2 is 2.11 bits per heavy atom. The van der Waals surface area contributed by atoms with Crippen molar-refractivity contribution in [3.63, 3.8) is 0 Å². The number of aromatic amines is 1. The first-order valence-corrected chi connectivity index (χ1v) is 6.73. The first kappa shape index (κ1) is 13.6. The van der Waals surface area contributed by atoms with Gasteiger partial charge in [0.2, 0.25) is 11.8 Å². The Labute approximate surface area is 113 Å². The molecule has 0 bridgehead atoms. The minimum atomic E-state index is 0.0898. The van der Waals surface area contributed by atoms with E-state index in [2.05, 4.69) is 46.3 Å². The van der Waals surface area contributed by atoms with Crippen LogP contribution in [0.2, 0.25) is 0 Å². The number of fused-ring (bicyclic) bond motifs is 1. The Kier molecular flexibility index (Phi) is 4.19. The van der Waals surface area contributed by atoms with Crippen molar-refractivity contribution in [3.05, 3.63) is 6.20 Å². The van der Waals surface area contributed by atoms with E-state index in [0.29, 0.717) is 23.4 Å². The van der Waals surface area contributed by atoms with E-state index in [0.717, 1.165) is 18.4 Å². The van der Waals surface area contributed by atoms with E-state index in [-0.39, 0.29) is 6.10 Å². The predicted octanol–water partition coefficient (Wildman–Crippen LogP) is 2.60. The molecule has 0 radical (unpaired) electrons. The number of hydrogen-bond donors (Lipinski definition) is 2. The van der Waals surface area contributed by atoms with Gasteiger partial charge < -0.3 is 10.1 Å². The number of hydrogen-bond acceptors (Lipinski definition) is 5. The second kappa shape index (κ2) is 5.86. The van der Waals surface area contributed by atoms with Crippen LogP contribution in [0, 0.1) is 5.92 Å². The van der Waals surface area contributed by atoms with Gasteiger partial charge in [0.05, 0.1) is 12.3 Å². The van der Waals surface area contributed by atoms with Crippen LogP contribution >= 0.6 is 0 Å². The predicted molar refractivity (Wildman–Crippen MR) is 75.4 cm³/mol. The van der Waals surface area contributed by atoms with Gasteiger partial charge in [-0.05, 0) is 19.3 Å². The molecule has 6 nitrogen and oxygen atoms in total. The average molecular weight is 263 g/mol. The molecule has 2 aromatic rings. The Hall–Kier alpha value is -1.85. The minimum absolute atomic E-state index is 0.0898. The third-order valence-corrected chi connectivity index (χ3v) is 3.04. The van der Waals surface area contributed by atoms with Crippen LogP contribution in [0.3, 0.4) is 0 Å². The molecule has 0 aliphatic heterocycles. The Morgan fingerprint density at radius 3 is 2.79 bits per heavy atom. The SMILES string of the molecule is CCCNc1nc(OC(C)C(C)C)c2cn[nH]c2n1. The van der Waals surface area contributed by atoms with Crippen LogP contribution in [0.5, 0.6) is 5.88 Å². The monoisotopic (exact) mass is 263 g/mol. The van der Waals surface area contributed by atoms with Crippen LogP contribution in [0.15, 0.2) is 6.20 Å². The van der Waals surface area contributed by atoms with Crippen molar-refractivity contribution < 1.29 is 4.74 Å². The van der Waals surface area contributed by atoms with Gasteiger partial charge in [0.15, 0.2) is 5.65 Å². The summed E-state index contributed by atoms with van der Waals surface area (Å²) in [6.07, 6.45) is 2.80. The van der Waals surface area contributed by atoms with Gasteiger partial charge in [-0.25, -0.2) is 0 Å². The Bertz CT molecular complexity index is 537. The van der Waals surface area contributed by atoms with E-state index in [4.69, 9.17) is 4.74 Å². The summed E-state index contributed by atoms with van der Waals surface area (Å²) < 4.78 is 5.92. The fourth-order valence-electron chi connectivity index (χ4n) is 1.53. The van der Waals surface area contributed by atoms with Crippen LogP contribution < -0.4 is 10.1 Å². The second-order valence-corrected chi connectivity index (χ2v) is 4.98. The van der Waals surface area contributed by atoms with E-state index in [1.165, 1.54) is 0 Å². The number of ether oxygens (including phenoxy) is 1. The van der Waals surface area contributed by atoms with Crippen molar-refractivity contribution in [3.8, 4) is 5.88 Å². The molecular weight excluding hydrogens is 242 g/mol. The molecule has 2 rings (SSSR count). The molecule has 1 atom stereocenters. The highest BCUT2D eigenvalue weighted by Gasteiger charge is 2.15. The molecule has 104 valence electrons. The number of H-pyrrole nitrogens is 1. The maximum absolute atomic E-state index is 5.92. The summed E-state index contributed by atoms with van der Waals surface area (Å²) >= 11 is 0. The lowest BCUT2D eigenvalue weighted by molar-refractivity contribution is 0.166.